The first-order chi connectivity index (χ1) is 13.8. The number of halogens is 1. The van der Waals surface area contributed by atoms with Gasteiger partial charge in [0.1, 0.15) is 11.6 Å². The molecule has 3 N–H and O–H groups in total. The zero-order valence-corrected chi connectivity index (χ0v) is 17.6. The topological polar surface area (TPSA) is 91.8 Å². The second kappa shape index (κ2) is 10.7. The quantitative estimate of drug-likeness (QED) is 0.427. The summed E-state index contributed by atoms with van der Waals surface area (Å²) in [4.78, 5) is 4.46. The number of ether oxygens (including phenoxy) is 1. The number of aryl methyl sites for hydroxylation is 1. The summed E-state index contributed by atoms with van der Waals surface area (Å²) in [6.07, 6.45) is 0. The van der Waals surface area contributed by atoms with Gasteiger partial charge in [0, 0.05) is 13.1 Å². The second-order valence-corrected chi connectivity index (χ2v) is 8.20. The maximum Gasteiger partial charge on any atom is 0.234 e. The van der Waals surface area contributed by atoms with Gasteiger partial charge in [-0.1, -0.05) is 18.2 Å². The van der Waals surface area contributed by atoms with E-state index in [9.17, 15) is 12.8 Å². The summed E-state index contributed by atoms with van der Waals surface area (Å²) in [5.74, 6) is 0.612. The van der Waals surface area contributed by atoms with E-state index in [0.29, 0.717) is 24.6 Å². The summed E-state index contributed by atoms with van der Waals surface area (Å²) in [5, 5.41) is 6.07. The van der Waals surface area contributed by atoms with Gasteiger partial charge < -0.3 is 15.4 Å². The smallest absolute Gasteiger partial charge is 0.234 e. The Bertz CT molecular complexity index is 948. The molecule has 0 fully saturated rings. The zero-order chi connectivity index (χ0) is 21.3. The summed E-state index contributed by atoms with van der Waals surface area (Å²) in [6, 6.07) is 11.8. The molecular weight excluding hydrogens is 395 g/mol. The van der Waals surface area contributed by atoms with Crippen LogP contribution in [0.5, 0.6) is 5.75 Å². The number of anilines is 1. The first-order valence-electron chi connectivity index (χ1n) is 9.24. The van der Waals surface area contributed by atoms with Crippen molar-refractivity contribution in [2.45, 2.75) is 20.4 Å². The molecule has 0 heterocycles. The summed E-state index contributed by atoms with van der Waals surface area (Å²) in [6.45, 7) is 4.74. The fourth-order valence-corrected chi connectivity index (χ4v) is 3.43. The molecule has 0 aliphatic rings. The SMILES string of the molecule is CCNC(=NCc1cccc(OC)c1)NCCS(=O)(=O)Nc1ccc(C)c(F)c1. The van der Waals surface area contributed by atoms with Crippen LogP contribution in [0.15, 0.2) is 47.5 Å². The van der Waals surface area contributed by atoms with Gasteiger partial charge in [-0.15, -0.1) is 0 Å². The molecule has 0 atom stereocenters. The number of hydrogen-bond acceptors (Lipinski definition) is 4. The van der Waals surface area contributed by atoms with Crippen LogP contribution in [0.3, 0.4) is 0 Å². The highest BCUT2D eigenvalue weighted by atomic mass is 32.2. The molecule has 29 heavy (non-hydrogen) atoms. The van der Waals surface area contributed by atoms with Crippen molar-refractivity contribution < 1.29 is 17.5 Å². The fraction of sp³-hybridized carbons (Fsp3) is 0.350. The Morgan fingerprint density at radius 2 is 1.97 bits per heavy atom. The first kappa shape index (κ1) is 22.5. The summed E-state index contributed by atoms with van der Waals surface area (Å²) in [7, 11) is -2.02. The lowest BCUT2D eigenvalue weighted by molar-refractivity contribution is 0.414. The molecule has 0 radical (unpaired) electrons. The highest BCUT2D eigenvalue weighted by Crippen LogP contribution is 2.15. The minimum atomic E-state index is -3.63. The number of aliphatic imine (C=N–C) groups is 1. The lowest BCUT2D eigenvalue weighted by Gasteiger charge is -2.13. The fourth-order valence-electron chi connectivity index (χ4n) is 2.47. The van der Waals surface area contributed by atoms with Crippen LogP contribution >= 0.6 is 0 Å². The van der Waals surface area contributed by atoms with E-state index < -0.39 is 15.8 Å². The minimum absolute atomic E-state index is 0.146. The monoisotopic (exact) mass is 422 g/mol. The Balaban J connectivity index is 1.92. The molecule has 2 aromatic carbocycles. The molecule has 158 valence electrons. The van der Waals surface area contributed by atoms with Gasteiger partial charge in [-0.3, -0.25) is 4.72 Å². The third-order valence-corrected chi connectivity index (χ3v) is 5.29. The van der Waals surface area contributed by atoms with Crippen LogP contribution in [0.25, 0.3) is 0 Å². The molecule has 0 spiro atoms. The highest BCUT2D eigenvalue weighted by molar-refractivity contribution is 7.92. The molecular formula is C20H27FN4O3S. The number of sulfonamides is 1. The molecule has 0 saturated carbocycles. The molecule has 2 rings (SSSR count). The molecule has 0 unspecified atom stereocenters. The number of methoxy groups -OCH3 is 1. The third kappa shape index (κ3) is 7.61. The average Bonchev–Trinajstić information content (AvgIpc) is 2.68. The number of nitrogens with one attached hydrogen (secondary N) is 3. The number of nitrogens with zero attached hydrogens (tertiary/aromatic N) is 1. The van der Waals surface area contributed by atoms with Crippen LogP contribution in [-0.4, -0.2) is 40.3 Å². The molecule has 0 aromatic heterocycles. The zero-order valence-electron chi connectivity index (χ0n) is 16.8. The van der Waals surface area contributed by atoms with Gasteiger partial charge in [0.25, 0.3) is 0 Å². The standard InChI is InChI=1S/C20H27FN4O3S/c1-4-22-20(24-14-16-6-5-7-18(12-16)28-3)23-10-11-29(26,27)25-17-9-8-15(2)19(21)13-17/h5-9,12-13,25H,4,10-11,14H2,1-3H3,(H2,22,23,24). The van der Waals surface area contributed by atoms with Crippen molar-refractivity contribution in [1.29, 1.82) is 0 Å². The molecule has 7 nitrogen and oxygen atoms in total. The van der Waals surface area contributed by atoms with Gasteiger partial charge in [0.05, 0.1) is 25.1 Å². The minimum Gasteiger partial charge on any atom is -0.497 e. The van der Waals surface area contributed by atoms with Crippen LogP contribution < -0.4 is 20.1 Å². The van der Waals surface area contributed by atoms with Crippen molar-refractivity contribution in [3.8, 4) is 5.75 Å². The second-order valence-electron chi connectivity index (χ2n) is 6.36. The van der Waals surface area contributed by atoms with Crippen molar-refractivity contribution >= 4 is 21.7 Å². The molecule has 2 aromatic rings. The number of rotatable bonds is 9. The van der Waals surface area contributed by atoms with Crippen LogP contribution in [-0.2, 0) is 16.6 Å². The number of hydrogen-bond donors (Lipinski definition) is 3. The number of guanidine groups is 1. The van der Waals surface area contributed by atoms with E-state index >= 15 is 0 Å². The Morgan fingerprint density at radius 3 is 2.66 bits per heavy atom. The predicted octanol–water partition coefficient (Wildman–Crippen LogP) is 2.64. The average molecular weight is 423 g/mol. The van der Waals surface area contributed by atoms with Crippen molar-refractivity contribution in [1.82, 2.24) is 10.6 Å². The molecule has 9 heteroatoms. The Labute approximate surface area is 171 Å². The van der Waals surface area contributed by atoms with E-state index in [2.05, 4.69) is 20.3 Å². The third-order valence-electron chi connectivity index (χ3n) is 4.01. The van der Waals surface area contributed by atoms with E-state index in [-0.39, 0.29) is 18.0 Å². The predicted molar refractivity (Wildman–Crippen MR) is 114 cm³/mol. The van der Waals surface area contributed by atoms with Gasteiger partial charge in [-0.05, 0) is 49.2 Å². The lowest BCUT2D eigenvalue weighted by Crippen LogP contribution is -2.40. The van der Waals surface area contributed by atoms with Crippen molar-refractivity contribution in [3.05, 3.63) is 59.4 Å². The van der Waals surface area contributed by atoms with E-state index in [1.165, 1.54) is 18.2 Å². The Morgan fingerprint density at radius 1 is 1.17 bits per heavy atom. The largest absolute Gasteiger partial charge is 0.497 e. The summed E-state index contributed by atoms with van der Waals surface area (Å²) < 4.78 is 45.6. The molecule has 0 amide bonds. The van der Waals surface area contributed by atoms with E-state index in [4.69, 9.17) is 4.74 Å². The van der Waals surface area contributed by atoms with Gasteiger partial charge >= 0.3 is 0 Å². The van der Waals surface area contributed by atoms with Crippen LogP contribution in [0.1, 0.15) is 18.1 Å². The molecule has 0 saturated heterocycles. The normalized spacial score (nSPS) is 11.8. The van der Waals surface area contributed by atoms with Gasteiger partial charge in [0.2, 0.25) is 10.0 Å². The van der Waals surface area contributed by atoms with Crippen LogP contribution in [0.2, 0.25) is 0 Å². The van der Waals surface area contributed by atoms with Crippen molar-refractivity contribution in [2.24, 2.45) is 4.99 Å². The Hall–Kier alpha value is -2.81. The summed E-state index contributed by atoms with van der Waals surface area (Å²) in [5.41, 5.74) is 1.63. The van der Waals surface area contributed by atoms with E-state index in [1.807, 2.05) is 31.2 Å². The van der Waals surface area contributed by atoms with Gasteiger partial charge in [-0.25, -0.2) is 17.8 Å². The van der Waals surface area contributed by atoms with Gasteiger partial charge in [0.15, 0.2) is 5.96 Å². The van der Waals surface area contributed by atoms with E-state index in [1.54, 1.807) is 14.0 Å². The van der Waals surface area contributed by atoms with Crippen LogP contribution in [0.4, 0.5) is 10.1 Å². The first-order valence-corrected chi connectivity index (χ1v) is 10.9. The maximum absolute atomic E-state index is 13.6. The maximum atomic E-state index is 13.6. The molecule has 0 aliphatic heterocycles. The Kier molecular flexibility index (Phi) is 8.26. The van der Waals surface area contributed by atoms with Crippen LogP contribution in [0, 0.1) is 12.7 Å². The number of benzene rings is 2. The van der Waals surface area contributed by atoms with Crippen molar-refractivity contribution in [3.63, 3.8) is 0 Å². The van der Waals surface area contributed by atoms with Crippen molar-refractivity contribution in [2.75, 3.05) is 30.7 Å². The molecule has 0 bridgehead atoms. The van der Waals surface area contributed by atoms with E-state index in [0.717, 1.165) is 11.3 Å². The summed E-state index contributed by atoms with van der Waals surface area (Å²) >= 11 is 0. The lowest BCUT2D eigenvalue weighted by atomic mass is 10.2. The molecule has 0 aliphatic carbocycles. The highest BCUT2D eigenvalue weighted by Gasteiger charge is 2.12. The van der Waals surface area contributed by atoms with Gasteiger partial charge in [-0.2, -0.15) is 0 Å².